The van der Waals surface area contributed by atoms with E-state index >= 15 is 0 Å². The molecule has 2 atom stereocenters. The Labute approximate surface area is 148 Å². The van der Waals surface area contributed by atoms with Crippen LogP contribution < -0.4 is 15.4 Å². The number of furan rings is 1. The van der Waals surface area contributed by atoms with Crippen molar-refractivity contribution in [3.05, 3.63) is 54.0 Å². The fourth-order valence-corrected chi connectivity index (χ4v) is 2.28. The van der Waals surface area contributed by atoms with Gasteiger partial charge in [-0.15, -0.1) is 0 Å². The Bertz CT molecular complexity index is 656. The number of aliphatic hydroxyl groups is 1. The Kier molecular flexibility index (Phi) is 7.35. The molecule has 0 aliphatic heterocycles. The smallest absolute Gasteiger partial charge is 0.191 e. The second-order valence-electron chi connectivity index (χ2n) is 5.83. The van der Waals surface area contributed by atoms with E-state index < -0.39 is 6.10 Å². The lowest BCUT2D eigenvalue weighted by Crippen LogP contribution is -2.42. The zero-order chi connectivity index (χ0) is 18.1. The van der Waals surface area contributed by atoms with E-state index in [9.17, 15) is 5.11 Å². The van der Waals surface area contributed by atoms with Gasteiger partial charge in [0.15, 0.2) is 5.96 Å². The molecule has 1 heterocycles. The minimum Gasteiger partial charge on any atom is -0.489 e. The van der Waals surface area contributed by atoms with Crippen LogP contribution in [0.5, 0.6) is 5.75 Å². The molecule has 0 spiro atoms. The summed E-state index contributed by atoms with van der Waals surface area (Å²) in [7, 11) is 0. The Morgan fingerprint density at radius 3 is 2.72 bits per heavy atom. The molecule has 2 rings (SSSR count). The Hall–Kier alpha value is -2.47. The number of nitrogens with zero attached hydrogens (tertiary/aromatic N) is 1. The molecule has 0 radical (unpaired) electrons. The number of nitrogens with one attached hydrogen (secondary N) is 2. The average molecular weight is 345 g/mol. The van der Waals surface area contributed by atoms with E-state index in [2.05, 4.69) is 15.6 Å². The van der Waals surface area contributed by atoms with Gasteiger partial charge in [0.25, 0.3) is 0 Å². The van der Waals surface area contributed by atoms with Gasteiger partial charge in [-0.05, 0) is 44.5 Å². The molecule has 0 saturated carbocycles. The highest BCUT2D eigenvalue weighted by Crippen LogP contribution is 2.17. The summed E-state index contributed by atoms with van der Waals surface area (Å²) >= 11 is 0. The van der Waals surface area contributed by atoms with Gasteiger partial charge in [-0.25, -0.2) is 0 Å². The molecular formula is C19H27N3O3. The van der Waals surface area contributed by atoms with Crippen LogP contribution in [0.25, 0.3) is 0 Å². The average Bonchev–Trinajstić information content (AvgIpc) is 3.14. The van der Waals surface area contributed by atoms with Crippen molar-refractivity contribution in [1.82, 2.24) is 10.6 Å². The number of ether oxygens (including phenoxy) is 1. The van der Waals surface area contributed by atoms with Crippen LogP contribution in [0.3, 0.4) is 0 Å². The van der Waals surface area contributed by atoms with Gasteiger partial charge in [-0.3, -0.25) is 4.99 Å². The summed E-state index contributed by atoms with van der Waals surface area (Å²) in [5.74, 6) is 2.02. The van der Waals surface area contributed by atoms with E-state index in [1.54, 1.807) is 12.1 Å². The fraction of sp³-hybridized carbons (Fsp3) is 0.421. The van der Waals surface area contributed by atoms with E-state index in [-0.39, 0.29) is 12.6 Å². The Morgan fingerprint density at radius 1 is 1.24 bits per heavy atom. The SMILES string of the molecule is CCNC(=NCC(O)c1ccco1)NCC(C)Oc1ccccc1C. The number of benzene rings is 1. The zero-order valence-electron chi connectivity index (χ0n) is 15.0. The van der Waals surface area contributed by atoms with Crippen molar-refractivity contribution in [3.8, 4) is 5.75 Å². The zero-order valence-corrected chi connectivity index (χ0v) is 15.0. The van der Waals surface area contributed by atoms with Crippen molar-refractivity contribution >= 4 is 5.96 Å². The maximum Gasteiger partial charge on any atom is 0.191 e. The third-order valence-electron chi connectivity index (χ3n) is 3.62. The van der Waals surface area contributed by atoms with E-state index in [1.165, 1.54) is 6.26 Å². The monoisotopic (exact) mass is 345 g/mol. The standard InChI is InChI=1S/C19H27N3O3/c1-4-20-19(22-13-16(23)18-10-7-11-24-18)21-12-15(3)25-17-9-6-5-8-14(17)2/h5-11,15-16,23H,4,12-13H2,1-3H3,(H2,20,21,22). The van der Waals surface area contributed by atoms with Gasteiger partial charge in [0.1, 0.15) is 23.7 Å². The predicted octanol–water partition coefficient (Wildman–Crippen LogP) is 2.64. The molecule has 6 nitrogen and oxygen atoms in total. The first-order valence-corrected chi connectivity index (χ1v) is 8.56. The van der Waals surface area contributed by atoms with Crippen molar-refractivity contribution in [2.45, 2.75) is 33.0 Å². The number of aryl methyl sites for hydroxylation is 1. The highest BCUT2D eigenvalue weighted by Gasteiger charge is 2.11. The molecular weight excluding hydrogens is 318 g/mol. The maximum atomic E-state index is 10.0. The third-order valence-corrected chi connectivity index (χ3v) is 3.62. The van der Waals surface area contributed by atoms with Crippen molar-refractivity contribution in [2.24, 2.45) is 4.99 Å². The molecule has 0 saturated heterocycles. The molecule has 0 aliphatic carbocycles. The number of guanidine groups is 1. The molecule has 6 heteroatoms. The number of hydrogen-bond donors (Lipinski definition) is 3. The second-order valence-corrected chi connectivity index (χ2v) is 5.83. The van der Waals surface area contributed by atoms with Crippen LogP contribution in [0, 0.1) is 6.92 Å². The van der Waals surface area contributed by atoms with Crippen LogP contribution in [0.15, 0.2) is 52.1 Å². The minimum absolute atomic E-state index is 0.0278. The summed E-state index contributed by atoms with van der Waals surface area (Å²) in [6.07, 6.45) is 0.752. The van der Waals surface area contributed by atoms with E-state index in [0.717, 1.165) is 17.9 Å². The summed E-state index contributed by atoms with van der Waals surface area (Å²) in [6, 6.07) is 11.4. The van der Waals surface area contributed by atoms with Crippen molar-refractivity contribution in [3.63, 3.8) is 0 Å². The number of hydrogen-bond acceptors (Lipinski definition) is 4. The Balaban J connectivity index is 1.85. The largest absolute Gasteiger partial charge is 0.489 e. The maximum absolute atomic E-state index is 10.0. The molecule has 1 aromatic heterocycles. The molecule has 2 unspecified atom stereocenters. The summed E-state index contributed by atoms with van der Waals surface area (Å²) in [6.45, 7) is 7.56. The summed E-state index contributed by atoms with van der Waals surface area (Å²) in [5.41, 5.74) is 1.11. The van der Waals surface area contributed by atoms with E-state index in [0.29, 0.717) is 18.3 Å². The lowest BCUT2D eigenvalue weighted by molar-refractivity contribution is 0.158. The molecule has 3 N–H and O–H groups in total. The molecule has 0 amide bonds. The first kappa shape index (κ1) is 18.9. The number of aliphatic imine (C=N–C) groups is 1. The Morgan fingerprint density at radius 2 is 2.04 bits per heavy atom. The van der Waals surface area contributed by atoms with Crippen molar-refractivity contribution in [1.29, 1.82) is 0 Å². The highest BCUT2D eigenvalue weighted by atomic mass is 16.5. The number of para-hydroxylation sites is 1. The molecule has 0 aliphatic rings. The van der Waals surface area contributed by atoms with Crippen LogP contribution in [0.1, 0.15) is 31.3 Å². The summed E-state index contributed by atoms with van der Waals surface area (Å²) in [4.78, 5) is 4.39. The first-order valence-electron chi connectivity index (χ1n) is 8.56. The van der Waals surface area contributed by atoms with Gasteiger partial charge >= 0.3 is 0 Å². The van der Waals surface area contributed by atoms with Crippen LogP contribution in [-0.2, 0) is 0 Å². The van der Waals surface area contributed by atoms with E-state index in [1.807, 2.05) is 45.0 Å². The lowest BCUT2D eigenvalue weighted by Gasteiger charge is -2.19. The summed E-state index contributed by atoms with van der Waals surface area (Å²) in [5, 5.41) is 16.4. The topological polar surface area (TPSA) is 79.0 Å². The second kappa shape index (κ2) is 9.74. The van der Waals surface area contributed by atoms with Crippen LogP contribution >= 0.6 is 0 Å². The fourth-order valence-electron chi connectivity index (χ4n) is 2.28. The number of rotatable bonds is 8. The van der Waals surface area contributed by atoms with E-state index in [4.69, 9.17) is 9.15 Å². The highest BCUT2D eigenvalue weighted by molar-refractivity contribution is 5.79. The van der Waals surface area contributed by atoms with Gasteiger partial charge < -0.3 is 24.9 Å². The van der Waals surface area contributed by atoms with Gasteiger partial charge in [0.2, 0.25) is 0 Å². The molecule has 136 valence electrons. The quantitative estimate of drug-likeness (QED) is 0.506. The number of aliphatic hydroxyl groups excluding tert-OH is 1. The van der Waals surface area contributed by atoms with Crippen molar-refractivity contribution in [2.75, 3.05) is 19.6 Å². The molecule has 0 bridgehead atoms. The van der Waals surface area contributed by atoms with Gasteiger partial charge in [0.05, 0.1) is 19.4 Å². The normalized spacial score (nSPS) is 14.0. The van der Waals surface area contributed by atoms with Crippen molar-refractivity contribution < 1.29 is 14.3 Å². The van der Waals surface area contributed by atoms with Crippen LogP contribution in [0.4, 0.5) is 0 Å². The van der Waals surface area contributed by atoms with Crippen LogP contribution in [-0.4, -0.2) is 36.8 Å². The van der Waals surface area contributed by atoms with Gasteiger partial charge in [-0.2, -0.15) is 0 Å². The van der Waals surface area contributed by atoms with Gasteiger partial charge in [-0.1, -0.05) is 18.2 Å². The van der Waals surface area contributed by atoms with Crippen LogP contribution in [0.2, 0.25) is 0 Å². The predicted molar refractivity (Wildman–Crippen MR) is 98.9 cm³/mol. The minimum atomic E-state index is -0.758. The molecule has 2 aromatic rings. The lowest BCUT2D eigenvalue weighted by atomic mass is 10.2. The third kappa shape index (κ3) is 6.15. The molecule has 1 aromatic carbocycles. The first-order chi connectivity index (χ1) is 12.1. The molecule has 0 fully saturated rings. The van der Waals surface area contributed by atoms with Gasteiger partial charge in [0, 0.05) is 6.54 Å². The summed E-state index contributed by atoms with van der Waals surface area (Å²) < 4.78 is 11.1. The molecule has 25 heavy (non-hydrogen) atoms.